The van der Waals surface area contributed by atoms with Gasteiger partial charge in [0, 0.05) is 10.9 Å². The first-order valence-corrected chi connectivity index (χ1v) is 6.77. The lowest BCUT2D eigenvalue weighted by Gasteiger charge is -1.96. The lowest BCUT2D eigenvalue weighted by atomic mass is 10.1. The zero-order chi connectivity index (χ0) is 12.5. The molecule has 90 valence electrons. The van der Waals surface area contributed by atoms with E-state index < -0.39 is 0 Å². The molecular formula is C14H10BrClN2. The van der Waals surface area contributed by atoms with Crippen LogP contribution in [0.15, 0.2) is 46.9 Å². The molecule has 4 heteroatoms. The highest BCUT2D eigenvalue weighted by Crippen LogP contribution is 2.29. The molecule has 0 radical (unpaired) electrons. The third-order valence-corrected chi connectivity index (χ3v) is 4.08. The minimum Gasteiger partial charge on any atom is -0.342 e. The molecule has 1 aromatic heterocycles. The van der Waals surface area contributed by atoms with Gasteiger partial charge in [0.1, 0.15) is 11.3 Å². The third-order valence-electron chi connectivity index (χ3n) is 2.81. The molecule has 0 unspecified atom stereocenters. The number of H-pyrrole nitrogens is 1. The van der Waals surface area contributed by atoms with Crippen LogP contribution in [-0.4, -0.2) is 9.97 Å². The molecule has 3 aromatic rings. The highest BCUT2D eigenvalue weighted by atomic mass is 79.9. The molecule has 18 heavy (non-hydrogen) atoms. The molecular weight excluding hydrogens is 312 g/mol. The lowest BCUT2D eigenvalue weighted by molar-refractivity contribution is 1.04. The monoisotopic (exact) mass is 320 g/mol. The van der Waals surface area contributed by atoms with Crippen LogP contribution < -0.4 is 0 Å². The SMILES string of the molecule is Clc1c(Br)ccc2[nH]c(Cc3ccccc3)nc12. The smallest absolute Gasteiger partial charge is 0.111 e. The molecule has 0 saturated carbocycles. The van der Waals surface area contributed by atoms with Crippen molar-refractivity contribution in [2.75, 3.05) is 0 Å². The number of aromatic amines is 1. The van der Waals surface area contributed by atoms with Crippen LogP contribution in [0, 0.1) is 0 Å². The molecule has 3 rings (SSSR count). The van der Waals surface area contributed by atoms with Crippen molar-refractivity contribution in [1.29, 1.82) is 0 Å². The fourth-order valence-electron chi connectivity index (χ4n) is 1.94. The van der Waals surface area contributed by atoms with Crippen LogP contribution in [0.25, 0.3) is 11.0 Å². The van der Waals surface area contributed by atoms with Gasteiger partial charge in [-0.3, -0.25) is 0 Å². The quantitative estimate of drug-likeness (QED) is 0.736. The maximum absolute atomic E-state index is 6.21. The summed E-state index contributed by atoms with van der Waals surface area (Å²) < 4.78 is 0.870. The Bertz CT molecular complexity index is 692. The molecule has 0 saturated heterocycles. The zero-order valence-corrected chi connectivity index (χ0v) is 11.8. The normalized spacial score (nSPS) is 11.0. The number of hydrogen-bond acceptors (Lipinski definition) is 1. The van der Waals surface area contributed by atoms with E-state index in [0.29, 0.717) is 5.02 Å². The minimum absolute atomic E-state index is 0.656. The molecule has 1 heterocycles. The second-order valence-electron chi connectivity index (χ2n) is 4.10. The number of imidazole rings is 1. The molecule has 0 aliphatic heterocycles. The number of aromatic nitrogens is 2. The predicted molar refractivity (Wildman–Crippen MR) is 78.1 cm³/mol. The number of fused-ring (bicyclic) bond motifs is 1. The van der Waals surface area contributed by atoms with Gasteiger partial charge in [-0.2, -0.15) is 0 Å². The van der Waals surface area contributed by atoms with Gasteiger partial charge in [0.25, 0.3) is 0 Å². The highest BCUT2D eigenvalue weighted by molar-refractivity contribution is 9.10. The van der Waals surface area contributed by atoms with E-state index in [1.165, 1.54) is 5.56 Å². The molecule has 0 aliphatic carbocycles. The summed E-state index contributed by atoms with van der Waals surface area (Å²) >= 11 is 9.62. The first kappa shape index (κ1) is 11.8. The van der Waals surface area contributed by atoms with E-state index in [1.807, 2.05) is 30.3 Å². The Morgan fingerprint density at radius 1 is 1.11 bits per heavy atom. The lowest BCUT2D eigenvalue weighted by Crippen LogP contribution is -1.89. The van der Waals surface area contributed by atoms with Crippen molar-refractivity contribution in [2.24, 2.45) is 0 Å². The summed E-state index contributed by atoms with van der Waals surface area (Å²) in [5.74, 6) is 0.927. The number of nitrogens with zero attached hydrogens (tertiary/aromatic N) is 1. The van der Waals surface area contributed by atoms with Gasteiger partial charge < -0.3 is 4.98 Å². The van der Waals surface area contributed by atoms with E-state index in [2.05, 4.69) is 38.0 Å². The molecule has 2 aromatic carbocycles. The van der Waals surface area contributed by atoms with E-state index in [0.717, 1.165) is 27.8 Å². The van der Waals surface area contributed by atoms with Crippen LogP contribution in [0.1, 0.15) is 11.4 Å². The van der Waals surface area contributed by atoms with Crippen molar-refractivity contribution in [3.8, 4) is 0 Å². The van der Waals surface area contributed by atoms with E-state index in [4.69, 9.17) is 11.6 Å². The third kappa shape index (κ3) is 2.16. The largest absolute Gasteiger partial charge is 0.342 e. The fourth-order valence-corrected chi connectivity index (χ4v) is 2.47. The molecule has 2 nitrogen and oxygen atoms in total. The molecule has 0 fully saturated rings. The summed E-state index contributed by atoms with van der Waals surface area (Å²) in [4.78, 5) is 7.85. The first-order valence-electron chi connectivity index (χ1n) is 5.60. The van der Waals surface area contributed by atoms with Crippen LogP contribution in [0.5, 0.6) is 0 Å². The Labute approximate surface area is 118 Å². The van der Waals surface area contributed by atoms with Gasteiger partial charge in [0.2, 0.25) is 0 Å². The van der Waals surface area contributed by atoms with Crippen LogP contribution in [0.3, 0.4) is 0 Å². The topological polar surface area (TPSA) is 28.7 Å². The van der Waals surface area contributed by atoms with Crippen molar-refractivity contribution < 1.29 is 0 Å². The number of rotatable bonds is 2. The van der Waals surface area contributed by atoms with Gasteiger partial charge in [0.05, 0.1) is 10.5 Å². The Morgan fingerprint density at radius 2 is 1.89 bits per heavy atom. The van der Waals surface area contributed by atoms with E-state index >= 15 is 0 Å². The maximum atomic E-state index is 6.21. The zero-order valence-electron chi connectivity index (χ0n) is 9.45. The summed E-state index contributed by atoms with van der Waals surface area (Å²) in [5.41, 5.74) is 3.01. The van der Waals surface area contributed by atoms with Gasteiger partial charge >= 0.3 is 0 Å². The minimum atomic E-state index is 0.656. The Kier molecular flexibility index (Phi) is 3.10. The van der Waals surface area contributed by atoms with Gasteiger partial charge in [-0.25, -0.2) is 4.98 Å². The number of hydrogen-bond donors (Lipinski definition) is 1. The van der Waals surface area contributed by atoms with Crippen molar-refractivity contribution in [3.63, 3.8) is 0 Å². The second-order valence-corrected chi connectivity index (χ2v) is 5.34. The molecule has 0 aliphatic rings. The van der Waals surface area contributed by atoms with Gasteiger partial charge in [-0.1, -0.05) is 41.9 Å². The first-order chi connectivity index (χ1) is 8.74. The number of nitrogens with one attached hydrogen (secondary N) is 1. The van der Waals surface area contributed by atoms with Gasteiger partial charge in [-0.15, -0.1) is 0 Å². The van der Waals surface area contributed by atoms with E-state index in [-0.39, 0.29) is 0 Å². The highest BCUT2D eigenvalue weighted by Gasteiger charge is 2.09. The summed E-state index contributed by atoms with van der Waals surface area (Å²) in [6.45, 7) is 0. The predicted octanol–water partition coefficient (Wildman–Crippen LogP) is 4.57. The second kappa shape index (κ2) is 4.75. The van der Waals surface area contributed by atoms with Crippen LogP contribution in [-0.2, 0) is 6.42 Å². The van der Waals surface area contributed by atoms with Crippen LogP contribution in [0.2, 0.25) is 5.02 Å². The Balaban J connectivity index is 2.02. The van der Waals surface area contributed by atoms with Crippen molar-refractivity contribution >= 4 is 38.6 Å². The van der Waals surface area contributed by atoms with Crippen molar-refractivity contribution in [1.82, 2.24) is 9.97 Å². The molecule has 0 atom stereocenters. The van der Waals surface area contributed by atoms with Crippen molar-refractivity contribution in [2.45, 2.75) is 6.42 Å². The average Bonchev–Trinajstić information content (AvgIpc) is 2.79. The Hall–Kier alpha value is -1.32. The summed E-state index contributed by atoms with van der Waals surface area (Å²) in [5, 5.41) is 0.656. The van der Waals surface area contributed by atoms with Gasteiger partial charge in [-0.05, 0) is 33.6 Å². The van der Waals surface area contributed by atoms with Crippen LogP contribution >= 0.6 is 27.5 Å². The van der Waals surface area contributed by atoms with Crippen molar-refractivity contribution in [3.05, 3.63) is 63.3 Å². The fraction of sp³-hybridized carbons (Fsp3) is 0.0714. The maximum Gasteiger partial charge on any atom is 0.111 e. The average molecular weight is 322 g/mol. The summed E-state index contributed by atoms with van der Waals surface area (Å²) in [6, 6.07) is 14.1. The van der Waals surface area contributed by atoms with Gasteiger partial charge in [0.15, 0.2) is 0 Å². The molecule has 0 amide bonds. The number of halogens is 2. The Morgan fingerprint density at radius 3 is 2.67 bits per heavy atom. The van der Waals surface area contributed by atoms with E-state index in [9.17, 15) is 0 Å². The van der Waals surface area contributed by atoms with Crippen LogP contribution in [0.4, 0.5) is 0 Å². The molecule has 1 N–H and O–H groups in total. The number of benzene rings is 2. The van der Waals surface area contributed by atoms with E-state index in [1.54, 1.807) is 0 Å². The summed E-state index contributed by atoms with van der Waals surface area (Å²) in [7, 11) is 0. The summed E-state index contributed by atoms with van der Waals surface area (Å²) in [6.07, 6.45) is 0.781. The molecule has 0 bridgehead atoms. The standard InChI is InChI=1S/C14H10BrClN2/c15-10-6-7-11-14(13(10)16)18-12(17-11)8-9-4-2-1-3-5-9/h1-7H,8H2,(H,17,18). The molecule has 0 spiro atoms.